The van der Waals surface area contributed by atoms with Crippen LogP contribution in [0, 0.1) is 0 Å². The Morgan fingerprint density at radius 2 is 1.74 bits per heavy atom. The van der Waals surface area contributed by atoms with E-state index in [-0.39, 0.29) is 0 Å². The molecule has 1 aromatic carbocycles. The Morgan fingerprint density at radius 3 is 2.32 bits per heavy atom. The summed E-state index contributed by atoms with van der Waals surface area (Å²) in [5.74, 6) is 0. The minimum atomic E-state index is -2.42. The van der Waals surface area contributed by atoms with Crippen LogP contribution in [-0.2, 0) is 26.1 Å². The van der Waals surface area contributed by atoms with Crippen LogP contribution in [0.3, 0.4) is 0 Å². The number of allylic oxidation sites excluding steroid dienone is 1. The van der Waals surface area contributed by atoms with E-state index in [2.05, 4.69) is 30.8 Å². The molecule has 0 N–H and O–H groups in total. The summed E-state index contributed by atoms with van der Waals surface area (Å²) in [6.07, 6.45) is 4.85. The molecule has 0 amide bonds. The van der Waals surface area contributed by atoms with Gasteiger partial charge in [-0.1, -0.05) is 30.3 Å². The molecule has 0 radical (unpaired) electrons. The standard InChI is InChI=1S/C15H24O3Si/c1-5-8-14-9-6-10-15(13-14)11-7-12-19(16-2,17-3)18-4/h5-6,9-10,13H,1,7-8,11-12H2,2-4H3. The molecule has 0 spiro atoms. The van der Waals surface area contributed by atoms with Crippen LogP contribution < -0.4 is 0 Å². The van der Waals surface area contributed by atoms with Gasteiger partial charge in [0.05, 0.1) is 0 Å². The molecule has 19 heavy (non-hydrogen) atoms. The lowest BCUT2D eigenvalue weighted by Gasteiger charge is -2.24. The van der Waals surface area contributed by atoms with Crippen LogP contribution in [0.5, 0.6) is 0 Å². The van der Waals surface area contributed by atoms with Crippen LogP contribution in [0.2, 0.25) is 6.04 Å². The minimum Gasteiger partial charge on any atom is -0.377 e. The average molecular weight is 280 g/mol. The molecule has 1 aromatic rings. The fourth-order valence-electron chi connectivity index (χ4n) is 2.14. The maximum absolute atomic E-state index is 5.42. The second-order valence-electron chi connectivity index (χ2n) is 4.46. The van der Waals surface area contributed by atoms with Gasteiger partial charge in [-0.2, -0.15) is 0 Å². The van der Waals surface area contributed by atoms with Crippen molar-refractivity contribution < 1.29 is 13.3 Å². The summed E-state index contributed by atoms with van der Waals surface area (Å²) < 4.78 is 16.3. The first-order valence-corrected chi connectivity index (χ1v) is 8.47. The molecule has 0 saturated carbocycles. The van der Waals surface area contributed by atoms with Crippen LogP contribution >= 0.6 is 0 Å². The van der Waals surface area contributed by atoms with Crippen LogP contribution in [0.15, 0.2) is 36.9 Å². The molecule has 0 heterocycles. The number of hydrogen-bond donors (Lipinski definition) is 0. The molecular weight excluding hydrogens is 256 g/mol. The fraction of sp³-hybridized carbons (Fsp3) is 0.467. The second kappa shape index (κ2) is 8.27. The van der Waals surface area contributed by atoms with Gasteiger partial charge in [0.1, 0.15) is 0 Å². The van der Waals surface area contributed by atoms with E-state index in [1.807, 2.05) is 6.08 Å². The summed E-state index contributed by atoms with van der Waals surface area (Å²) in [4.78, 5) is 0. The third kappa shape index (κ3) is 4.91. The SMILES string of the molecule is C=CCc1cccc(CCC[Si](OC)(OC)OC)c1. The lowest BCUT2D eigenvalue weighted by Crippen LogP contribution is -2.42. The van der Waals surface area contributed by atoms with Gasteiger partial charge < -0.3 is 13.3 Å². The Bertz CT molecular complexity index is 380. The molecule has 0 atom stereocenters. The number of benzene rings is 1. The molecule has 4 heteroatoms. The van der Waals surface area contributed by atoms with Crippen molar-refractivity contribution in [3.8, 4) is 0 Å². The lowest BCUT2D eigenvalue weighted by molar-refractivity contribution is 0.123. The van der Waals surface area contributed by atoms with Crippen molar-refractivity contribution in [2.45, 2.75) is 25.3 Å². The Kier molecular flexibility index (Phi) is 7.01. The van der Waals surface area contributed by atoms with Gasteiger partial charge in [-0.15, -0.1) is 6.58 Å². The Hall–Kier alpha value is -0.943. The molecule has 1 rings (SSSR count). The third-order valence-electron chi connectivity index (χ3n) is 3.25. The van der Waals surface area contributed by atoms with E-state index < -0.39 is 8.80 Å². The molecule has 0 unspecified atom stereocenters. The summed E-state index contributed by atoms with van der Waals surface area (Å²) in [6.45, 7) is 3.77. The minimum absolute atomic E-state index is 0.836. The van der Waals surface area contributed by atoms with Gasteiger partial charge in [0.2, 0.25) is 0 Å². The van der Waals surface area contributed by atoms with Gasteiger partial charge in [0, 0.05) is 27.4 Å². The second-order valence-corrected chi connectivity index (χ2v) is 7.55. The zero-order valence-electron chi connectivity index (χ0n) is 12.1. The molecule has 0 aromatic heterocycles. The van der Waals surface area contributed by atoms with E-state index in [1.165, 1.54) is 11.1 Å². The average Bonchev–Trinajstić information content (AvgIpc) is 2.45. The molecule has 0 saturated heterocycles. The van der Waals surface area contributed by atoms with E-state index in [1.54, 1.807) is 21.3 Å². The summed E-state index contributed by atoms with van der Waals surface area (Å²) in [6, 6.07) is 9.45. The Morgan fingerprint density at radius 1 is 1.11 bits per heavy atom. The van der Waals surface area contributed by atoms with Gasteiger partial charge in [-0.3, -0.25) is 0 Å². The van der Waals surface area contributed by atoms with Gasteiger partial charge >= 0.3 is 8.80 Å². The van der Waals surface area contributed by atoms with Gasteiger partial charge in [0.25, 0.3) is 0 Å². The maximum Gasteiger partial charge on any atom is 0.500 e. The highest BCUT2D eigenvalue weighted by Crippen LogP contribution is 2.18. The van der Waals surface area contributed by atoms with Crippen LogP contribution in [0.25, 0.3) is 0 Å². The predicted molar refractivity (Wildman–Crippen MR) is 80.3 cm³/mol. The number of aryl methyl sites for hydroxylation is 1. The zero-order valence-corrected chi connectivity index (χ0v) is 13.1. The van der Waals surface area contributed by atoms with E-state index in [4.69, 9.17) is 13.3 Å². The van der Waals surface area contributed by atoms with Crippen LogP contribution in [0.4, 0.5) is 0 Å². The van der Waals surface area contributed by atoms with Crippen molar-refractivity contribution in [2.75, 3.05) is 21.3 Å². The highest BCUT2D eigenvalue weighted by atomic mass is 28.4. The number of hydrogen-bond acceptors (Lipinski definition) is 3. The smallest absolute Gasteiger partial charge is 0.377 e. The molecule has 0 fully saturated rings. The molecular formula is C15H24O3Si. The first kappa shape index (κ1) is 16.1. The van der Waals surface area contributed by atoms with E-state index in [0.717, 1.165) is 25.3 Å². The molecule has 0 aliphatic heterocycles. The van der Waals surface area contributed by atoms with E-state index in [9.17, 15) is 0 Å². The van der Waals surface area contributed by atoms with E-state index >= 15 is 0 Å². The maximum atomic E-state index is 5.42. The first-order chi connectivity index (χ1) is 9.19. The highest BCUT2D eigenvalue weighted by molar-refractivity contribution is 6.60. The summed E-state index contributed by atoms with van der Waals surface area (Å²) >= 11 is 0. The molecule has 0 aliphatic carbocycles. The quantitative estimate of drug-likeness (QED) is 0.513. The molecule has 0 bridgehead atoms. The summed E-state index contributed by atoms with van der Waals surface area (Å²) in [7, 11) is 2.55. The van der Waals surface area contributed by atoms with Crippen molar-refractivity contribution >= 4 is 8.80 Å². The molecule has 3 nitrogen and oxygen atoms in total. The van der Waals surface area contributed by atoms with Crippen molar-refractivity contribution in [3.63, 3.8) is 0 Å². The van der Waals surface area contributed by atoms with Crippen LogP contribution in [0.1, 0.15) is 17.5 Å². The third-order valence-corrected chi connectivity index (χ3v) is 6.08. The van der Waals surface area contributed by atoms with Gasteiger partial charge in [-0.25, -0.2) is 0 Å². The highest BCUT2D eigenvalue weighted by Gasteiger charge is 2.36. The molecule has 106 valence electrons. The fourth-order valence-corrected chi connectivity index (χ4v) is 3.87. The first-order valence-electron chi connectivity index (χ1n) is 6.54. The lowest BCUT2D eigenvalue weighted by atomic mass is 10.1. The van der Waals surface area contributed by atoms with Crippen molar-refractivity contribution in [1.82, 2.24) is 0 Å². The Labute approximate surface area is 117 Å². The Balaban J connectivity index is 2.52. The predicted octanol–water partition coefficient (Wildman–Crippen LogP) is 3.23. The topological polar surface area (TPSA) is 27.7 Å². The summed E-state index contributed by atoms with van der Waals surface area (Å²) in [5, 5.41) is 0. The van der Waals surface area contributed by atoms with Crippen molar-refractivity contribution in [3.05, 3.63) is 48.0 Å². The van der Waals surface area contributed by atoms with Gasteiger partial charge in [-0.05, 0) is 30.4 Å². The zero-order chi connectivity index (χ0) is 14.1. The number of rotatable bonds is 9. The van der Waals surface area contributed by atoms with Crippen molar-refractivity contribution in [1.29, 1.82) is 0 Å². The van der Waals surface area contributed by atoms with E-state index in [0.29, 0.717) is 0 Å². The normalized spacial score (nSPS) is 11.5. The monoisotopic (exact) mass is 280 g/mol. The summed E-state index contributed by atoms with van der Waals surface area (Å²) in [5.41, 5.74) is 2.65. The van der Waals surface area contributed by atoms with Crippen LogP contribution in [-0.4, -0.2) is 30.1 Å². The van der Waals surface area contributed by atoms with Crippen molar-refractivity contribution in [2.24, 2.45) is 0 Å². The van der Waals surface area contributed by atoms with Gasteiger partial charge in [0.15, 0.2) is 0 Å². The molecule has 0 aliphatic rings. The largest absolute Gasteiger partial charge is 0.500 e.